The third-order valence-electron chi connectivity index (χ3n) is 17.1. The lowest BCUT2D eigenvalue weighted by Crippen LogP contribution is -2.57. The molecule has 4 heterocycles. The lowest BCUT2D eigenvalue weighted by atomic mass is 9.55. The maximum Gasteiger partial charge on any atom is 0.161 e. The van der Waals surface area contributed by atoms with Crippen LogP contribution in [-0.4, -0.2) is 39.6 Å². The number of unbranched alkanes of at least 4 members (excludes halogenated alkanes) is 1. The topological polar surface area (TPSA) is 49.9 Å². The quantitative estimate of drug-likeness (QED) is 0.0999. The van der Waals surface area contributed by atoms with E-state index in [1.54, 1.807) is 0 Å². The van der Waals surface area contributed by atoms with Gasteiger partial charge < -0.3 is 38.5 Å². The van der Waals surface area contributed by atoms with Crippen LogP contribution in [0.3, 0.4) is 0 Å². The number of nitrogens with zero attached hydrogens (tertiary/aromatic N) is 4. The van der Waals surface area contributed by atoms with E-state index in [-0.39, 0.29) is 16.9 Å². The Labute approximate surface area is 510 Å². The van der Waals surface area contributed by atoms with Crippen molar-refractivity contribution >= 4 is 22.7 Å². The summed E-state index contributed by atoms with van der Waals surface area (Å²) in [5.41, 5.74) is 12.7. The number of anilines is 4. The van der Waals surface area contributed by atoms with E-state index in [0.29, 0.717) is 38.8 Å². The Bertz CT molecular complexity index is 3080. The molecule has 2 fully saturated rings. The Morgan fingerprint density at radius 3 is 1.31 bits per heavy atom. The minimum atomic E-state index is 0.0203. The molecule has 1 saturated heterocycles. The highest BCUT2D eigenvalue weighted by Gasteiger charge is 2.51. The molecule has 0 N–H and O–H groups in total. The van der Waals surface area contributed by atoms with E-state index in [0.717, 1.165) is 88.4 Å². The van der Waals surface area contributed by atoms with Crippen LogP contribution in [0.2, 0.25) is 0 Å². The maximum absolute atomic E-state index is 6.67. The molecule has 0 bridgehead atoms. The van der Waals surface area contributed by atoms with E-state index in [1.165, 1.54) is 62.6 Å². The van der Waals surface area contributed by atoms with Gasteiger partial charge in [0.1, 0.15) is 24.0 Å². The van der Waals surface area contributed by atoms with Gasteiger partial charge in [-0.3, -0.25) is 0 Å². The van der Waals surface area contributed by atoms with Crippen LogP contribution >= 0.6 is 0 Å². The first kappa shape index (κ1) is 63.1. The molecule has 0 spiro atoms. The SMILES string of the molecule is C=CCC.C=CCC.C=CCC1(C)CC(C(C)(C)c2ccc3c(c2)CN(c2ccccc2)CO3)CC2CN(c3ccccc3)COC21.C=CCCC.c1ccc(N2COc3ccc(Cc4ccc5c(c4)CN(c4ccccc4)CO5)cc3C2)cc1. The van der Waals surface area contributed by atoms with Crippen LogP contribution in [0.1, 0.15) is 120 Å². The Balaban J connectivity index is 0.000000185. The van der Waals surface area contributed by atoms with Crippen LogP contribution < -0.4 is 33.8 Å². The van der Waals surface area contributed by atoms with Crippen LogP contribution in [0.4, 0.5) is 22.7 Å². The largest absolute Gasteiger partial charge is 0.473 e. The second kappa shape index (κ2) is 31.3. The van der Waals surface area contributed by atoms with Crippen molar-refractivity contribution in [3.8, 4) is 17.2 Å². The zero-order chi connectivity index (χ0) is 60.0. The van der Waals surface area contributed by atoms with Crippen LogP contribution in [-0.2, 0) is 36.2 Å². The highest BCUT2D eigenvalue weighted by molar-refractivity contribution is 5.54. The highest BCUT2D eigenvalue weighted by Crippen LogP contribution is 2.54. The lowest BCUT2D eigenvalue weighted by Gasteiger charge is -2.55. The van der Waals surface area contributed by atoms with Crippen molar-refractivity contribution in [3.63, 3.8) is 0 Å². The summed E-state index contributed by atoms with van der Waals surface area (Å²) < 4.78 is 24.9. The van der Waals surface area contributed by atoms with Crippen LogP contribution in [0.15, 0.2) is 227 Å². The monoisotopic (exact) mass is 1140 g/mol. The molecule has 1 saturated carbocycles. The van der Waals surface area contributed by atoms with Gasteiger partial charge in [0.2, 0.25) is 0 Å². The van der Waals surface area contributed by atoms with Gasteiger partial charge in [0.05, 0.1) is 6.10 Å². The van der Waals surface area contributed by atoms with Crippen LogP contribution in [0, 0.1) is 17.3 Å². The molecular formula is C77H94N4O4. The van der Waals surface area contributed by atoms with E-state index in [4.69, 9.17) is 18.9 Å². The third kappa shape index (κ3) is 16.7. The molecule has 446 valence electrons. The molecule has 8 heteroatoms. The van der Waals surface area contributed by atoms with Crippen molar-refractivity contribution in [1.29, 1.82) is 0 Å². The summed E-state index contributed by atoms with van der Waals surface area (Å²) in [5, 5.41) is 0. The average Bonchev–Trinajstić information content (AvgIpc) is 3.08. The summed E-state index contributed by atoms with van der Waals surface area (Å²) >= 11 is 0. The van der Waals surface area contributed by atoms with Gasteiger partial charge in [-0.25, -0.2) is 0 Å². The van der Waals surface area contributed by atoms with Crippen molar-refractivity contribution in [3.05, 3.63) is 260 Å². The summed E-state index contributed by atoms with van der Waals surface area (Å²) in [6.45, 7) is 34.3. The number of para-hydroxylation sites is 4. The van der Waals surface area contributed by atoms with E-state index < -0.39 is 0 Å². The van der Waals surface area contributed by atoms with E-state index in [9.17, 15) is 0 Å². The number of ether oxygens (including phenoxy) is 4. The molecule has 4 atom stereocenters. The molecule has 4 aliphatic heterocycles. The number of rotatable bonds is 14. The first-order chi connectivity index (χ1) is 41.4. The van der Waals surface area contributed by atoms with E-state index in [2.05, 4.69) is 257 Å². The smallest absolute Gasteiger partial charge is 0.161 e. The number of fused-ring (bicyclic) bond motifs is 4. The summed E-state index contributed by atoms with van der Waals surface area (Å²) in [6, 6.07) is 62.3. The molecule has 0 aromatic heterocycles. The summed E-state index contributed by atoms with van der Waals surface area (Å²) in [7, 11) is 0. The molecular weight excluding hydrogens is 1040 g/mol. The number of allylic oxidation sites excluding steroid dienone is 4. The zero-order valence-corrected chi connectivity index (χ0v) is 51.8. The fourth-order valence-corrected chi connectivity index (χ4v) is 12.3. The highest BCUT2D eigenvalue weighted by atomic mass is 16.5. The van der Waals surface area contributed by atoms with Gasteiger partial charge in [-0.2, -0.15) is 0 Å². The zero-order valence-electron chi connectivity index (χ0n) is 51.8. The minimum absolute atomic E-state index is 0.0203. The molecule has 0 radical (unpaired) electrons. The van der Waals surface area contributed by atoms with Crippen molar-refractivity contribution < 1.29 is 18.9 Å². The van der Waals surface area contributed by atoms with Gasteiger partial charge in [0.15, 0.2) is 20.2 Å². The first-order valence-electron chi connectivity index (χ1n) is 30.9. The number of hydrogen-bond acceptors (Lipinski definition) is 8. The summed E-state index contributed by atoms with van der Waals surface area (Å²) in [5.74, 6) is 4.01. The van der Waals surface area contributed by atoms with Crippen LogP contribution in [0.5, 0.6) is 17.2 Å². The number of benzene rings is 7. The third-order valence-corrected chi connectivity index (χ3v) is 17.1. The van der Waals surface area contributed by atoms with Gasteiger partial charge >= 0.3 is 0 Å². The Morgan fingerprint density at radius 2 is 0.918 bits per heavy atom. The lowest BCUT2D eigenvalue weighted by molar-refractivity contribution is -0.130. The van der Waals surface area contributed by atoms with Crippen molar-refractivity contribution in [2.45, 2.75) is 124 Å². The van der Waals surface area contributed by atoms with Gasteiger partial charge in [-0.15, -0.1) is 26.3 Å². The standard InChI is InChI=1S/C35H42N2O2.C29H26N2O2.C5H10.2C4H8/c1-5-18-35(4)21-29(20-27-23-37(25-39-33(27)35)31-14-10-7-11-15-31)34(2,3)28-16-17-32-26(19-28)22-36(24-38-32)30-12-8-6-9-13-30;1-3-7-26(8-4-1)30-18-24-16-22(11-13-28(24)32-20-30)15-23-12-14-29-25(17-23)19-31(21-33-29)27-9-5-2-6-10-27;1-3-5-4-2;2*1-3-4-2/h5-17,19,27,29,33H,1,18,20-25H2,2-4H3;1-14,16-17H,15,18-21H2;3H,1,4-5H2,2H3;2*3H,1,4H2,2H3. The minimum Gasteiger partial charge on any atom is -0.473 e. The number of hydrogen-bond donors (Lipinski definition) is 0. The second-order valence-corrected chi connectivity index (χ2v) is 23.8. The molecule has 12 rings (SSSR count). The predicted octanol–water partition coefficient (Wildman–Crippen LogP) is 18.9. The summed E-state index contributed by atoms with van der Waals surface area (Å²) in [6.07, 6.45) is 16.8. The van der Waals surface area contributed by atoms with E-state index in [1.807, 2.05) is 30.4 Å². The molecule has 7 aromatic rings. The van der Waals surface area contributed by atoms with Gasteiger partial charge in [-0.05, 0) is 163 Å². The fourth-order valence-electron chi connectivity index (χ4n) is 12.3. The molecule has 5 aliphatic rings. The van der Waals surface area contributed by atoms with Crippen molar-refractivity contribution in [2.24, 2.45) is 17.3 Å². The van der Waals surface area contributed by atoms with Crippen molar-refractivity contribution in [1.82, 2.24) is 0 Å². The van der Waals surface area contributed by atoms with Crippen molar-refractivity contribution in [2.75, 3.05) is 53.1 Å². The first-order valence-corrected chi connectivity index (χ1v) is 30.9. The average molecular weight is 1140 g/mol. The molecule has 85 heavy (non-hydrogen) atoms. The van der Waals surface area contributed by atoms with E-state index >= 15 is 0 Å². The molecule has 1 aliphatic carbocycles. The molecule has 8 nitrogen and oxygen atoms in total. The Hall–Kier alpha value is -7.94. The fraction of sp³-hybridized carbons (Fsp3) is 0.351. The second-order valence-electron chi connectivity index (χ2n) is 23.8. The summed E-state index contributed by atoms with van der Waals surface area (Å²) in [4.78, 5) is 9.25. The van der Waals surface area contributed by atoms with Gasteiger partial charge in [-0.1, -0.05) is 163 Å². The Morgan fingerprint density at radius 1 is 0.506 bits per heavy atom. The van der Waals surface area contributed by atoms with Crippen LogP contribution in [0.25, 0.3) is 0 Å². The Kier molecular flexibility index (Phi) is 23.2. The maximum atomic E-state index is 6.67. The predicted molar refractivity (Wildman–Crippen MR) is 358 cm³/mol. The molecule has 7 aromatic carbocycles. The molecule has 0 amide bonds. The normalized spacial score (nSPS) is 19.0. The van der Waals surface area contributed by atoms with Gasteiger partial charge in [0, 0.05) is 71.5 Å². The molecule has 4 unspecified atom stereocenters. The van der Waals surface area contributed by atoms with Gasteiger partial charge in [0.25, 0.3) is 0 Å².